The Bertz CT molecular complexity index is 460. The lowest BCUT2D eigenvalue weighted by atomic mass is 10.2. The zero-order valence-corrected chi connectivity index (χ0v) is 8.10. The predicted octanol–water partition coefficient (Wildman–Crippen LogP) is 0.768. The quantitative estimate of drug-likeness (QED) is 0.719. The molecule has 0 aromatic carbocycles. The molecule has 2 aromatic heterocycles. The van der Waals surface area contributed by atoms with Crippen LogP contribution in [0.25, 0.3) is 11.4 Å². The topological polar surface area (TPSA) is 69.6 Å². The van der Waals surface area contributed by atoms with Crippen LogP contribution in [0.2, 0.25) is 0 Å². The summed E-state index contributed by atoms with van der Waals surface area (Å²) in [5.41, 5.74) is 8.29. The molecule has 0 saturated heterocycles. The number of aromatic nitrogens is 4. The van der Waals surface area contributed by atoms with Gasteiger partial charge in [-0.15, -0.1) is 0 Å². The predicted molar refractivity (Wildman–Crippen MR) is 53.4 cm³/mol. The van der Waals surface area contributed by atoms with Gasteiger partial charge in [0.2, 0.25) is 5.95 Å². The van der Waals surface area contributed by atoms with Crippen LogP contribution < -0.4 is 5.73 Å². The molecule has 5 heteroatoms. The van der Waals surface area contributed by atoms with Crippen molar-refractivity contribution >= 4 is 5.95 Å². The molecule has 14 heavy (non-hydrogen) atoms. The number of nitrogen functional groups attached to an aromatic ring is 1. The molecule has 0 fully saturated rings. The van der Waals surface area contributed by atoms with E-state index in [0.29, 0.717) is 0 Å². The van der Waals surface area contributed by atoms with Gasteiger partial charge in [-0.2, -0.15) is 5.10 Å². The van der Waals surface area contributed by atoms with Gasteiger partial charge >= 0.3 is 0 Å². The number of hydrogen-bond donors (Lipinski definition) is 1. The van der Waals surface area contributed by atoms with Crippen molar-refractivity contribution in [1.82, 2.24) is 19.7 Å². The van der Waals surface area contributed by atoms with Crippen LogP contribution in [0.15, 0.2) is 18.5 Å². The van der Waals surface area contributed by atoms with Crippen LogP contribution in [0.5, 0.6) is 0 Å². The second-order valence-electron chi connectivity index (χ2n) is 3.10. The van der Waals surface area contributed by atoms with Gasteiger partial charge in [-0.3, -0.25) is 4.68 Å². The molecule has 0 saturated carbocycles. The summed E-state index contributed by atoms with van der Waals surface area (Å²) in [6.07, 6.45) is 3.44. The number of nitrogens with two attached hydrogens (primary N) is 1. The standard InChI is InChI=1S/C9H11N5/c1-6-5-11-9(10)13-8(6)7-3-4-12-14(7)2/h3-5H,1-2H3,(H2,10,11,13). The molecule has 2 rings (SSSR count). The van der Waals surface area contributed by atoms with E-state index in [1.54, 1.807) is 17.1 Å². The third-order valence-corrected chi connectivity index (χ3v) is 2.05. The van der Waals surface area contributed by atoms with E-state index in [2.05, 4.69) is 15.1 Å². The fourth-order valence-electron chi connectivity index (χ4n) is 1.32. The second kappa shape index (κ2) is 3.10. The number of nitrogens with zero attached hydrogens (tertiary/aromatic N) is 4. The molecule has 0 aliphatic heterocycles. The van der Waals surface area contributed by atoms with Gasteiger partial charge in [-0.25, -0.2) is 9.97 Å². The van der Waals surface area contributed by atoms with Crippen LogP contribution in [-0.4, -0.2) is 19.7 Å². The second-order valence-corrected chi connectivity index (χ2v) is 3.10. The van der Waals surface area contributed by atoms with E-state index in [4.69, 9.17) is 5.73 Å². The minimum atomic E-state index is 0.284. The average Bonchev–Trinajstić information content (AvgIpc) is 2.56. The highest BCUT2D eigenvalue weighted by Gasteiger charge is 2.08. The summed E-state index contributed by atoms with van der Waals surface area (Å²) < 4.78 is 1.76. The van der Waals surface area contributed by atoms with Crippen molar-refractivity contribution in [1.29, 1.82) is 0 Å². The molecule has 0 atom stereocenters. The van der Waals surface area contributed by atoms with Crippen molar-refractivity contribution in [2.45, 2.75) is 6.92 Å². The zero-order chi connectivity index (χ0) is 10.1. The summed E-state index contributed by atoms with van der Waals surface area (Å²) in [5.74, 6) is 0.284. The van der Waals surface area contributed by atoms with Gasteiger partial charge < -0.3 is 5.73 Å². The van der Waals surface area contributed by atoms with E-state index < -0.39 is 0 Å². The molecule has 2 heterocycles. The van der Waals surface area contributed by atoms with Crippen molar-refractivity contribution in [2.24, 2.45) is 7.05 Å². The van der Waals surface area contributed by atoms with Gasteiger partial charge in [-0.1, -0.05) is 0 Å². The Hall–Kier alpha value is -1.91. The maximum Gasteiger partial charge on any atom is 0.220 e. The van der Waals surface area contributed by atoms with Crippen LogP contribution in [-0.2, 0) is 7.05 Å². The Balaban J connectivity index is 2.62. The van der Waals surface area contributed by atoms with Crippen LogP contribution >= 0.6 is 0 Å². The molecule has 0 aliphatic rings. The van der Waals surface area contributed by atoms with E-state index in [9.17, 15) is 0 Å². The number of hydrogen-bond acceptors (Lipinski definition) is 4. The first kappa shape index (κ1) is 8.68. The van der Waals surface area contributed by atoms with Gasteiger partial charge in [0, 0.05) is 19.4 Å². The van der Waals surface area contributed by atoms with Gasteiger partial charge in [0.15, 0.2) is 0 Å². The lowest BCUT2D eigenvalue weighted by Gasteiger charge is -2.04. The fourth-order valence-corrected chi connectivity index (χ4v) is 1.32. The van der Waals surface area contributed by atoms with Gasteiger partial charge in [0.05, 0.1) is 11.4 Å². The lowest BCUT2D eigenvalue weighted by Crippen LogP contribution is -2.01. The Morgan fingerprint density at radius 1 is 1.43 bits per heavy atom. The lowest BCUT2D eigenvalue weighted by molar-refractivity contribution is 0.772. The van der Waals surface area contributed by atoms with Crippen molar-refractivity contribution in [2.75, 3.05) is 5.73 Å². The van der Waals surface area contributed by atoms with Crippen LogP contribution in [0.3, 0.4) is 0 Å². The molecule has 0 unspecified atom stereocenters. The van der Waals surface area contributed by atoms with Crippen LogP contribution in [0.1, 0.15) is 5.56 Å². The number of aryl methyl sites for hydroxylation is 2. The Labute approximate surface area is 81.6 Å². The fraction of sp³-hybridized carbons (Fsp3) is 0.222. The van der Waals surface area contributed by atoms with Crippen molar-refractivity contribution < 1.29 is 0 Å². The largest absolute Gasteiger partial charge is 0.368 e. The number of anilines is 1. The molecule has 0 radical (unpaired) electrons. The minimum absolute atomic E-state index is 0.284. The molecule has 2 aromatic rings. The molecule has 0 amide bonds. The monoisotopic (exact) mass is 189 g/mol. The Kier molecular flexibility index (Phi) is 1.92. The zero-order valence-electron chi connectivity index (χ0n) is 8.10. The summed E-state index contributed by atoms with van der Waals surface area (Å²) >= 11 is 0. The van der Waals surface area contributed by atoms with E-state index in [1.807, 2.05) is 20.0 Å². The van der Waals surface area contributed by atoms with Gasteiger partial charge in [0.25, 0.3) is 0 Å². The van der Waals surface area contributed by atoms with E-state index in [-0.39, 0.29) is 5.95 Å². The average molecular weight is 189 g/mol. The summed E-state index contributed by atoms with van der Waals surface area (Å²) in [4.78, 5) is 8.10. The molecular formula is C9H11N5. The summed E-state index contributed by atoms with van der Waals surface area (Å²) in [5, 5.41) is 4.08. The Morgan fingerprint density at radius 2 is 2.21 bits per heavy atom. The SMILES string of the molecule is Cc1cnc(N)nc1-c1ccnn1C. The van der Waals surface area contributed by atoms with E-state index >= 15 is 0 Å². The third-order valence-electron chi connectivity index (χ3n) is 2.05. The molecule has 5 nitrogen and oxygen atoms in total. The van der Waals surface area contributed by atoms with Crippen LogP contribution in [0.4, 0.5) is 5.95 Å². The molecular weight excluding hydrogens is 178 g/mol. The van der Waals surface area contributed by atoms with Gasteiger partial charge in [0.1, 0.15) is 0 Å². The van der Waals surface area contributed by atoms with Crippen molar-refractivity contribution in [3.8, 4) is 11.4 Å². The molecule has 2 N–H and O–H groups in total. The molecule has 0 aliphatic carbocycles. The maximum absolute atomic E-state index is 5.53. The van der Waals surface area contributed by atoms with Crippen molar-refractivity contribution in [3.63, 3.8) is 0 Å². The first-order valence-corrected chi connectivity index (χ1v) is 4.26. The highest BCUT2D eigenvalue weighted by Crippen LogP contribution is 2.19. The molecule has 0 spiro atoms. The summed E-state index contributed by atoms with van der Waals surface area (Å²) in [7, 11) is 1.87. The first-order chi connectivity index (χ1) is 6.68. The Morgan fingerprint density at radius 3 is 2.86 bits per heavy atom. The van der Waals surface area contributed by atoms with Crippen LogP contribution in [0, 0.1) is 6.92 Å². The summed E-state index contributed by atoms with van der Waals surface area (Å²) in [6, 6.07) is 1.90. The normalized spacial score (nSPS) is 10.4. The maximum atomic E-state index is 5.53. The first-order valence-electron chi connectivity index (χ1n) is 4.26. The molecule has 0 bridgehead atoms. The third kappa shape index (κ3) is 1.32. The highest BCUT2D eigenvalue weighted by molar-refractivity contribution is 5.59. The minimum Gasteiger partial charge on any atom is -0.368 e. The van der Waals surface area contributed by atoms with Gasteiger partial charge in [-0.05, 0) is 18.6 Å². The summed E-state index contributed by atoms with van der Waals surface area (Å²) in [6.45, 7) is 1.95. The van der Waals surface area contributed by atoms with Crippen molar-refractivity contribution in [3.05, 3.63) is 24.0 Å². The number of rotatable bonds is 1. The van der Waals surface area contributed by atoms with E-state index in [0.717, 1.165) is 17.0 Å². The smallest absolute Gasteiger partial charge is 0.220 e. The van der Waals surface area contributed by atoms with E-state index in [1.165, 1.54) is 0 Å². The highest BCUT2D eigenvalue weighted by atomic mass is 15.3. The molecule has 72 valence electrons.